The van der Waals surface area contributed by atoms with Crippen LogP contribution in [0, 0.1) is 0 Å². The second-order valence-corrected chi connectivity index (χ2v) is 11.9. The monoisotopic (exact) mass is 472 g/mol. The van der Waals surface area contributed by atoms with Crippen molar-refractivity contribution in [2.24, 2.45) is 0 Å². The van der Waals surface area contributed by atoms with Crippen molar-refractivity contribution in [1.29, 1.82) is 0 Å². The van der Waals surface area contributed by atoms with Crippen LogP contribution in [0.3, 0.4) is 0 Å². The van der Waals surface area contributed by atoms with Gasteiger partial charge in [0.2, 0.25) is 9.84 Å². The molecular formula is C24H24O6S2. The normalized spacial score (nSPS) is 21.9. The lowest BCUT2D eigenvalue weighted by Crippen LogP contribution is -2.32. The van der Waals surface area contributed by atoms with E-state index in [0.717, 1.165) is 0 Å². The Hall–Kier alpha value is -2.71. The predicted octanol–water partition coefficient (Wildman–Crippen LogP) is 4.00. The summed E-state index contributed by atoms with van der Waals surface area (Å²) >= 11 is 0. The maximum Gasteiger partial charge on any atom is 0.310 e. The van der Waals surface area contributed by atoms with Crippen molar-refractivity contribution in [3.63, 3.8) is 0 Å². The van der Waals surface area contributed by atoms with Gasteiger partial charge in [-0.3, -0.25) is 4.79 Å². The molecule has 0 spiro atoms. The number of rotatable bonds is 4. The molecule has 2 aromatic carbocycles. The maximum absolute atomic E-state index is 13.6. The van der Waals surface area contributed by atoms with Crippen LogP contribution >= 0.6 is 0 Å². The van der Waals surface area contributed by atoms with Crippen molar-refractivity contribution in [2.75, 3.05) is 6.61 Å². The average molecular weight is 473 g/mol. The standard InChI is InChI=1S/C24H24O6S2/c25-24-16-20-21(17-30-24)23(32(28,29)19-12-6-2-7-13-19)15-9-3-8-14-22(20)31(26,27)18-10-4-1-5-11-18/h1-2,4-7,10-14,23H,3,8-9,15-17H2/b22-14+. The minimum atomic E-state index is -3.94. The molecule has 0 N–H and O–H groups in total. The van der Waals surface area contributed by atoms with Gasteiger partial charge in [-0.1, -0.05) is 48.9 Å². The first-order valence-corrected chi connectivity index (χ1v) is 13.5. The lowest BCUT2D eigenvalue weighted by Gasteiger charge is -2.28. The molecule has 2 aliphatic rings. The number of carbonyl (C=O) groups excluding carboxylic acids is 1. The third-order valence-corrected chi connectivity index (χ3v) is 9.91. The number of sulfone groups is 2. The van der Waals surface area contributed by atoms with E-state index in [9.17, 15) is 21.6 Å². The fourth-order valence-electron chi connectivity index (χ4n) is 4.21. The number of hydrogen-bond acceptors (Lipinski definition) is 6. The molecule has 0 amide bonds. The minimum absolute atomic E-state index is 0.0190. The summed E-state index contributed by atoms with van der Waals surface area (Å²) in [4.78, 5) is 12.5. The summed E-state index contributed by atoms with van der Waals surface area (Å²) in [6.45, 7) is -0.230. The zero-order valence-electron chi connectivity index (χ0n) is 17.4. The number of carbonyl (C=O) groups is 1. The van der Waals surface area contributed by atoms with Gasteiger partial charge in [0, 0.05) is 0 Å². The van der Waals surface area contributed by atoms with Crippen LogP contribution in [0.1, 0.15) is 32.1 Å². The Balaban J connectivity index is 1.92. The Morgan fingerprint density at radius 2 is 1.44 bits per heavy atom. The molecule has 32 heavy (non-hydrogen) atoms. The molecule has 1 atom stereocenters. The van der Waals surface area contributed by atoms with E-state index in [-0.39, 0.29) is 33.3 Å². The molecule has 1 aliphatic heterocycles. The first kappa shape index (κ1) is 22.5. The molecule has 1 heterocycles. The Morgan fingerprint density at radius 1 is 0.812 bits per heavy atom. The van der Waals surface area contributed by atoms with Gasteiger partial charge in [-0.05, 0) is 54.7 Å². The van der Waals surface area contributed by atoms with Crippen molar-refractivity contribution >= 4 is 25.6 Å². The lowest BCUT2D eigenvalue weighted by molar-refractivity contribution is -0.142. The van der Waals surface area contributed by atoms with Crippen LogP contribution in [0.25, 0.3) is 0 Å². The topological polar surface area (TPSA) is 94.6 Å². The maximum atomic E-state index is 13.6. The summed E-state index contributed by atoms with van der Waals surface area (Å²) in [5.41, 5.74) is 0.623. The highest BCUT2D eigenvalue weighted by Crippen LogP contribution is 2.38. The number of cyclic esters (lactones) is 1. The van der Waals surface area contributed by atoms with Crippen molar-refractivity contribution in [3.05, 3.63) is 82.8 Å². The summed E-state index contributed by atoms with van der Waals surface area (Å²) in [5.74, 6) is -0.562. The number of benzene rings is 2. The number of hydrogen-bond donors (Lipinski definition) is 0. The number of esters is 1. The fourth-order valence-corrected chi connectivity index (χ4v) is 7.77. The SMILES string of the molecule is O=C1CC2=C(CO1)C(S(=O)(=O)c1ccccc1)CCCC/C=C\2S(=O)(=O)c1ccccc1. The van der Waals surface area contributed by atoms with Gasteiger partial charge < -0.3 is 4.74 Å². The van der Waals surface area contributed by atoms with Gasteiger partial charge in [-0.2, -0.15) is 0 Å². The van der Waals surface area contributed by atoms with E-state index < -0.39 is 30.9 Å². The van der Waals surface area contributed by atoms with Crippen LogP contribution in [-0.4, -0.2) is 34.7 Å². The van der Waals surface area contributed by atoms with Gasteiger partial charge in [0.25, 0.3) is 0 Å². The third-order valence-electron chi connectivity index (χ3n) is 5.82. The fraction of sp³-hybridized carbons (Fsp3) is 0.292. The Morgan fingerprint density at radius 3 is 2.09 bits per heavy atom. The van der Waals surface area contributed by atoms with E-state index in [2.05, 4.69) is 0 Å². The van der Waals surface area contributed by atoms with Crippen molar-refractivity contribution in [1.82, 2.24) is 0 Å². The zero-order chi connectivity index (χ0) is 22.8. The highest BCUT2D eigenvalue weighted by Gasteiger charge is 2.39. The molecule has 6 nitrogen and oxygen atoms in total. The minimum Gasteiger partial charge on any atom is -0.461 e. The largest absolute Gasteiger partial charge is 0.461 e. The summed E-state index contributed by atoms with van der Waals surface area (Å²) < 4.78 is 59.5. The summed E-state index contributed by atoms with van der Waals surface area (Å²) in [5, 5.41) is -0.958. The second-order valence-electron chi connectivity index (χ2n) is 7.86. The highest BCUT2D eigenvalue weighted by molar-refractivity contribution is 7.95. The third kappa shape index (κ3) is 4.29. The number of allylic oxidation sites excluding steroid dienone is 2. The van der Waals surface area contributed by atoms with Gasteiger partial charge in [0.1, 0.15) is 6.61 Å². The summed E-state index contributed by atoms with van der Waals surface area (Å²) in [6.07, 6.45) is 3.42. The van der Waals surface area contributed by atoms with Crippen molar-refractivity contribution < 1.29 is 26.4 Å². The molecule has 4 rings (SSSR count). The molecular weight excluding hydrogens is 448 g/mol. The first-order valence-electron chi connectivity index (χ1n) is 10.5. The molecule has 1 unspecified atom stereocenters. The Bertz CT molecular complexity index is 1270. The van der Waals surface area contributed by atoms with Crippen LogP contribution in [-0.2, 0) is 29.2 Å². The summed E-state index contributed by atoms with van der Waals surface area (Å²) in [6, 6.07) is 16.1. The molecule has 2 aromatic rings. The highest BCUT2D eigenvalue weighted by atomic mass is 32.2. The quantitative estimate of drug-likeness (QED) is 0.624. The van der Waals surface area contributed by atoms with E-state index in [0.29, 0.717) is 31.3 Å². The predicted molar refractivity (Wildman–Crippen MR) is 120 cm³/mol. The second kappa shape index (κ2) is 9.03. The molecule has 0 fully saturated rings. The van der Waals surface area contributed by atoms with E-state index in [1.54, 1.807) is 42.5 Å². The molecule has 0 bridgehead atoms. The van der Waals surface area contributed by atoms with Gasteiger partial charge >= 0.3 is 5.97 Å². The van der Waals surface area contributed by atoms with Crippen LogP contribution < -0.4 is 0 Å². The van der Waals surface area contributed by atoms with Gasteiger partial charge in [-0.25, -0.2) is 16.8 Å². The first-order chi connectivity index (χ1) is 15.3. The Kier molecular flexibility index (Phi) is 6.35. The molecule has 1 aliphatic carbocycles. The molecule has 0 saturated carbocycles. The molecule has 168 valence electrons. The molecule has 0 aromatic heterocycles. The van der Waals surface area contributed by atoms with Gasteiger partial charge in [0.05, 0.1) is 26.4 Å². The van der Waals surface area contributed by atoms with Crippen molar-refractivity contribution in [3.8, 4) is 0 Å². The molecule has 0 saturated heterocycles. The van der Waals surface area contributed by atoms with Crippen LogP contribution in [0.2, 0.25) is 0 Å². The zero-order valence-corrected chi connectivity index (χ0v) is 19.1. The molecule has 8 heteroatoms. The molecule has 0 radical (unpaired) electrons. The van der Waals surface area contributed by atoms with Crippen LogP contribution in [0.4, 0.5) is 0 Å². The van der Waals surface area contributed by atoms with E-state index in [1.165, 1.54) is 24.3 Å². The van der Waals surface area contributed by atoms with Crippen molar-refractivity contribution in [2.45, 2.75) is 47.1 Å². The smallest absolute Gasteiger partial charge is 0.310 e. The Labute approximate surface area is 188 Å². The number of ether oxygens (including phenoxy) is 1. The summed E-state index contributed by atoms with van der Waals surface area (Å²) in [7, 11) is -7.75. The lowest BCUT2D eigenvalue weighted by atomic mass is 9.98. The van der Waals surface area contributed by atoms with E-state index in [1.807, 2.05) is 0 Å². The van der Waals surface area contributed by atoms with Gasteiger partial charge in [-0.15, -0.1) is 0 Å². The van der Waals surface area contributed by atoms with E-state index >= 15 is 0 Å². The van der Waals surface area contributed by atoms with Crippen LogP contribution in [0.15, 0.2) is 92.6 Å². The van der Waals surface area contributed by atoms with E-state index in [4.69, 9.17) is 4.74 Å². The van der Waals surface area contributed by atoms with Crippen LogP contribution in [0.5, 0.6) is 0 Å². The van der Waals surface area contributed by atoms with Gasteiger partial charge in [0.15, 0.2) is 9.84 Å². The average Bonchev–Trinajstić information content (AvgIpc) is 2.89.